The van der Waals surface area contributed by atoms with E-state index in [1.807, 2.05) is 13.2 Å². The molecule has 0 saturated carbocycles. The maximum absolute atomic E-state index is 4.66. The molecular formula is C4H10S2. The predicted molar refractivity (Wildman–Crippen MR) is 38.5 cm³/mol. The minimum absolute atomic E-state index is 0. The zero-order chi connectivity index (χ0) is 4.28. The second-order valence-electron chi connectivity index (χ2n) is 0.696. The molecule has 0 saturated heterocycles. The number of hydrogen-bond acceptors (Lipinski definition) is 2. The van der Waals surface area contributed by atoms with Crippen LogP contribution in [-0.4, -0.2) is 10.5 Å². The minimum Gasteiger partial charge on any atom is -0.123 e. The highest BCUT2D eigenvalue weighted by Gasteiger charge is 1.71. The van der Waals surface area contributed by atoms with E-state index >= 15 is 0 Å². The fraction of sp³-hybridized carbons (Fsp3) is 0.750. The van der Waals surface area contributed by atoms with E-state index in [0.29, 0.717) is 0 Å². The van der Waals surface area contributed by atoms with Crippen molar-refractivity contribution in [1.82, 2.24) is 0 Å². The Morgan fingerprint density at radius 3 is 1.83 bits per heavy atom. The molecule has 0 amide bonds. The smallest absolute Gasteiger partial charge is 0.0444 e. The van der Waals surface area contributed by atoms with E-state index in [4.69, 9.17) is 0 Å². The largest absolute Gasteiger partial charge is 0.123 e. The lowest BCUT2D eigenvalue weighted by Gasteiger charge is -1.76. The molecule has 0 rings (SSSR count). The Kier molecular flexibility index (Phi) is 8.77. The van der Waals surface area contributed by atoms with E-state index in [-0.39, 0.29) is 7.43 Å². The minimum atomic E-state index is 0. The molecule has 0 aliphatic heterocycles. The molecule has 0 atom stereocenters. The summed E-state index contributed by atoms with van der Waals surface area (Å²) >= 11 is 6.27. The Hall–Kier alpha value is 0.440. The highest BCUT2D eigenvalue weighted by Crippen LogP contribution is 1.92. The third-order valence-corrected chi connectivity index (χ3v) is 1.36. The summed E-state index contributed by atoms with van der Waals surface area (Å²) in [7, 11) is 0. The normalized spacial score (nSPS) is 6.33. The summed E-state index contributed by atoms with van der Waals surface area (Å²) in [4.78, 5) is 0. The molecule has 0 N–H and O–H groups in total. The summed E-state index contributed by atoms with van der Waals surface area (Å²) in [6.45, 7) is 1.92. The van der Waals surface area contributed by atoms with Gasteiger partial charge in [-0.2, -0.15) is 0 Å². The molecule has 6 heavy (non-hydrogen) atoms. The van der Waals surface area contributed by atoms with E-state index < -0.39 is 0 Å². The lowest BCUT2D eigenvalue weighted by Crippen LogP contribution is -1.66. The van der Waals surface area contributed by atoms with Gasteiger partial charge in [0.15, 0.2) is 0 Å². The Morgan fingerprint density at radius 2 is 1.83 bits per heavy atom. The van der Waals surface area contributed by atoms with E-state index in [1.165, 1.54) is 0 Å². The van der Waals surface area contributed by atoms with Crippen LogP contribution in [0.1, 0.15) is 14.4 Å². The van der Waals surface area contributed by atoms with Crippen LogP contribution in [0.3, 0.4) is 0 Å². The molecule has 0 aliphatic rings. The van der Waals surface area contributed by atoms with Crippen LogP contribution in [0.15, 0.2) is 0 Å². The van der Waals surface area contributed by atoms with Crippen molar-refractivity contribution in [2.75, 3.05) is 6.26 Å². The van der Waals surface area contributed by atoms with Crippen molar-refractivity contribution >= 4 is 28.2 Å². The van der Waals surface area contributed by atoms with Crippen molar-refractivity contribution in [2.24, 2.45) is 0 Å². The monoisotopic (exact) mass is 122 g/mol. The summed E-state index contributed by atoms with van der Waals surface area (Å²) in [5, 5.41) is 0. The van der Waals surface area contributed by atoms with Crippen molar-refractivity contribution < 1.29 is 0 Å². The molecule has 2 heteroatoms. The molecule has 0 aromatic rings. The summed E-state index contributed by atoms with van der Waals surface area (Å²) in [6, 6.07) is 0. The molecule has 0 fully saturated rings. The van der Waals surface area contributed by atoms with Gasteiger partial charge in [-0.3, -0.25) is 0 Å². The van der Waals surface area contributed by atoms with Crippen LogP contribution in [0.2, 0.25) is 0 Å². The quantitative estimate of drug-likeness (QED) is 0.452. The molecule has 0 aromatic carbocycles. The summed E-state index contributed by atoms with van der Waals surface area (Å²) < 4.78 is 1.00. The molecule has 0 radical (unpaired) electrons. The maximum Gasteiger partial charge on any atom is 0.0444 e. The van der Waals surface area contributed by atoms with E-state index in [2.05, 4.69) is 12.2 Å². The highest BCUT2D eigenvalue weighted by atomic mass is 32.2. The van der Waals surface area contributed by atoms with E-state index in [1.54, 1.807) is 11.8 Å². The van der Waals surface area contributed by atoms with Gasteiger partial charge in [0.2, 0.25) is 0 Å². The Labute approximate surface area is 49.3 Å². The average Bonchev–Trinajstić information content (AvgIpc) is 1.38. The van der Waals surface area contributed by atoms with Gasteiger partial charge in [-0.05, 0) is 13.2 Å². The molecular weight excluding hydrogens is 112 g/mol. The number of thiocarbonyl (C=S) groups is 1. The molecule has 0 aliphatic carbocycles. The van der Waals surface area contributed by atoms with Crippen molar-refractivity contribution in [3.8, 4) is 0 Å². The van der Waals surface area contributed by atoms with E-state index in [9.17, 15) is 0 Å². The highest BCUT2D eigenvalue weighted by molar-refractivity contribution is 8.22. The zero-order valence-corrected chi connectivity index (χ0v) is 4.95. The summed E-state index contributed by atoms with van der Waals surface area (Å²) in [6.07, 6.45) is 1.97. The lowest BCUT2D eigenvalue weighted by atomic mass is 11.0. The van der Waals surface area contributed by atoms with Gasteiger partial charge in [0.1, 0.15) is 0 Å². The SMILES string of the molecule is C.CSC(C)=S. The zero-order valence-electron chi connectivity index (χ0n) is 3.32. The first-order valence-electron chi connectivity index (χ1n) is 1.32. The second-order valence-corrected chi connectivity index (χ2v) is 2.59. The fourth-order valence-electron chi connectivity index (χ4n) is 0. The van der Waals surface area contributed by atoms with Crippen LogP contribution >= 0.6 is 24.0 Å². The molecule has 0 heterocycles. The molecule has 0 bridgehead atoms. The topological polar surface area (TPSA) is 0 Å². The molecule has 38 valence electrons. The Balaban J connectivity index is 0. The number of rotatable bonds is 0. The van der Waals surface area contributed by atoms with Crippen LogP contribution in [0.5, 0.6) is 0 Å². The third kappa shape index (κ3) is 8.83. The van der Waals surface area contributed by atoms with Gasteiger partial charge < -0.3 is 0 Å². The van der Waals surface area contributed by atoms with Gasteiger partial charge in [-0.1, -0.05) is 19.6 Å². The van der Waals surface area contributed by atoms with Gasteiger partial charge >= 0.3 is 0 Å². The third-order valence-electron chi connectivity index (χ3n) is 0.287. The van der Waals surface area contributed by atoms with Crippen LogP contribution in [-0.2, 0) is 0 Å². The predicted octanol–water partition coefficient (Wildman–Crippen LogP) is 2.33. The van der Waals surface area contributed by atoms with Gasteiger partial charge in [-0.15, -0.1) is 11.8 Å². The van der Waals surface area contributed by atoms with Gasteiger partial charge in [-0.25, -0.2) is 0 Å². The average molecular weight is 122 g/mol. The van der Waals surface area contributed by atoms with E-state index in [0.717, 1.165) is 4.20 Å². The first-order chi connectivity index (χ1) is 2.27. The maximum atomic E-state index is 4.66. The first-order valence-corrected chi connectivity index (χ1v) is 2.95. The first kappa shape index (κ1) is 9.67. The molecule has 0 spiro atoms. The lowest BCUT2D eigenvalue weighted by molar-refractivity contribution is 2.11. The number of hydrogen-bond donors (Lipinski definition) is 0. The summed E-state index contributed by atoms with van der Waals surface area (Å²) in [5.74, 6) is 0. The van der Waals surface area contributed by atoms with Gasteiger partial charge in [0.05, 0.1) is 0 Å². The van der Waals surface area contributed by atoms with Gasteiger partial charge in [0, 0.05) is 4.20 Å². The van der Waals surface area contributed by atoms with Crippen molar-refractivity contribution in [2.45, 2.75) is 14.4 Å². The molecule has 0 aromatic heterocycles. The number of thioether (sulfide) groups is 1. The molecule has 0 nitrogen and oxygen atoms in total. The van der Waals surface area contributed by atoms with Crippen molar-refractivity contribution in [3.05, 3.63) is 0 Å². The van der Waals surface area contributed by atoms with Crippen LogP contribution in [0.25, 0.3) is 0 Å². The van der Waals surface area contributed by atoms with Crippen LogP contribution in [0, 0.1) is 0 Å². The Bertz CT molecular complexity index is 40.8. The van der Waals surface area contributed by atoms with Crippen molar-refractivity contribution in [3.63, 3.8) is 0 Å². The summed E-state index contributed by atoms with van der Waals surface area (Å²) in [5.41, 5.74) is 0. The Morgan fingerprint density at radius 1 is 1.67 bits per heavy atom. The van der Waals surface area contributed by atoms with Gasteiger partial charge in [0.25, 0.3) is 0 Å². The fourth-order valence-corrected chi connectivity index (χ4v) is 0. The standard InChI is InChI=1S/C3H6S2.CH4/c1-3(4)5-2;/h1-2H3;1H4. The second kappa shape index (κ2) is 5.44. The van der Waals surface area contributed by atoms with Crippen molar-refractivity contribution in [1.29, 1.82) is 0 Å². The van der Waals surface area contributed by atoms with Crippen LogP contribution in [0.4, 0.5) is 0 Å². The van der Waals surface area contributed by atoms with Crippen LogP contribution < -0.4 is 0 Å². The molecule has 0 unspecified atom stereocenters.